The van der Waals surface area contributed by atoms with E-state index in [1.165, 1.54) is 10.6 Å². The minimum absolute atomic E-state index is 0.485. The Morgan fingerprint density at radius 3 is 2.50 bits per heavy atom. The number of hydrogen-bond acceptors (Lipinski definition) is 2. The summed E-state index contributed by atoms with van der Waals surface area (Å²) in [5.41, 5.74) is 1.36. The van der Waals surface area contributed by atoms with Gasteiger partial charge in [-0.1, -0.05) is 37.3 Å². The average molecular weight is 205 g/mol. The van der Waals surface area contributed by atoms with Crippen LogP contribution in [0.1, 0.15) is 19.4 Å². The van der Waals surface area contributed by atoms with Gasteiger partial charge in [-0.3, -0.25) is 4.99 Å². The van der Waals surface area contributed by atoms with Crippen LogP contribution < -0.4 is 0 Å². The Bertz CT molecular complexity index is 331. The van der Waals surface area contributed by atoms with Crippen LogP contribution in [0.15, 0.2) is 35.3 Å². The van der Waals surface area contributed by atoms with Gasteiger partial charge in [0.05, 0.1) is 11.1 Å². The molecule has 2 rings (SSSR count). The normalized spacial score (nSPS) is 26.3. The lowest BCUT2D eigenvalue weighted by molar-refractivity contribution is 0.748. The molecular formula is C12H15NS. The van der Waals surface area contributed by atoms with Crippen molar-refractivity contribution in [1.82, 2.24) is 0 Å². The van der Waals surface area contributed by atoms with E-state index in [-0.39, 0.29) is 0 Å². The Balaban J connectivity index is 2.03. The Hall–Kier alpha value is -0.760. The summed E-state index contributed by atoms with van der Waals surface area (Å²) in [6.07, 6.45) is 1.00. The fraction of sp³-hybridized carbons (Fsp3) is 0.417. The fourth-order valence-corrected chi connectivity index (χ4v) is 2.70. The number of rotatable bonds is 2. The zero-order valence-electron chi connectivity index (χ0n) is 8.60. The SMILES string of the molecule is CC1N=C(Cc2ccccc2)SC1C. The molecule has 0 spiro atoms. The molecule has 0 radical (unpaired) electrons. The molecule has 1 nitrogen and oxygen atoms in total. The third-order valence-corrected chi connectivity index (χ3v) is 3.83. The highest BCUT2D eigenvalue weighted by molar-refractivity contribution is 8.14. The molecule has 14 heavy (non-hydrogen) atoms. The summed E-state index contributed by atoms with van der Waals surface area (Å²) in [4.78, 5) is 4.64. The predicted molar refractivity (Wildman–Crippen MR) is 64.1 cm³/mol. The van der Waals surface area contributed by atoms with E-state index in [2.05, 4.69) is 49.2 Å². The van der Waals surface area contributed by atoms with E-state index < -0.39 is 0 Å². The van der Waals surface area contributed by atoms with Gasteiger partial charge in [-0.25, -0.2) is 0 Å². The molecule has 2 heteroatoms. The van der Waals surface area contributed by atoms with Crippen LogP contribution in [0.4, 0.5) is 0 Å². The lowest BCUT2D eigenvalue weighted by Gasteiger charge is -2.03. The largest absolute Gasteiger partial charge is 0.278 e. The minimum Gasteiger partial charge on any atom is -0.278 e. The second kappa shape index (κ2) is 4.18. The summed E-state index contributed by atoms with van der Waals surface area (Å²) < 4.78 is 0. The number of thioether (sulfide) groups is 1. The molecule has 1 aliphatic heterocycles. The second-order valence-corrected chi connectivity index (χ2v) is 5.20. The lowest BCUT2D eigenvalue weighted by atomic mass is 10.2. The highest BCUT2D eigenvalue weighted by atomic mass is 32.2. The molecule has 0 bridgehead atoms. The van der Waals surface area contributed by atoms with Gasteiger partial charge in [0.2, 0.25) is 0 Å². The topological polar surface area (TPSA) is 12.4 Å². The van der Waals surface area contributed by atoms with Crippen LogP contribution >= 0.6 is 11.8 Å². The molecule has 74 valence electrons. The molecule has 1 aliphatic rings. The van der Waals surface area contributed by atoms with Crippen molar-refractivity contribution >= 4 is 16.8 Å². The number of aliphatic imine (C=N–C) groups is 1. The van der Waals surface area contributed by atoms with Gasteiger partial charge in [-0.15, -0.1) is 11.8 Å². The highest BCUT2D eigenvalue weighted by Crippen LogP contribution is 2.27. The van der Waals surface area contributed by atoms with Crippen molar-refractivity contribution in [3.05, 3.63) is 35.9 Å². The monoisotopic (exact) mass is 205 g/mol. The van der Waals surface area contributed by atoms with Crippen molar-refractivity contribution in [2.75, 3.05) is 0 Å². The summed E-state index contributed by atoms with van der Waals surface area (Å²) in [7, 11) is 0. The van der Waals surface area contributed by atoms with Crippen LogP contribution in [-0.2, 0) is 6.42 Å². The molecule has 1 heterocycles. The van der Waals surface area contributed by atoms with Crippen molar-refractivity contribution in [3.63, 3.8) is 0 Å². The van der Waals surface area contributed by atoms with Gasteiger partial charge in [0.25, 0.3) is 0 Å². The van der Waals surface area contributed by atoms with Gasteiger partial charge in [0, 0.05) is 11.7 Å². The molecule has 0 amide bonds. The number of benzene rings is 1. The maximum Gasteiger partial charge on any atom is 0.0726 e. The van der Waals surface area contributed by atoms with Gasteiger partial charge in [0.15, 0.2) is 0 Å². The van der Waals surface area contributed by atoms with Crippen LogP contribution in [0.3, 0.4) is 0 Å². The molecule has 0 aliphatic carbocycles. The van der Waals surface area contributed by atoms with Gasteiger partial charge in [0.1, 0.15) is 0 Å². The average Bonchev–Trinajstić information content (AvgIpc) is 2.47. The number of hydrogen-bond donors (Lipinski definition) is 0. The van der Waals surface area contributed by atoms with Crippen LogP contribution in [0.5, 0.6) is 0 Å². The molecule has 0 saturated carbocycles. The first-order valence-corrected chi connectivity index (χ1v) is 5.91. The Morgan fingerprint density at radius 2 is 1.93 bits per heavy atom. The summed E-state index contributed by atoms with van der Waals surface area (Å²) in [6, 6.07) is 11.0. The maximum absolute atomic E-state index is 4.64. The summed E-state index contributed by atoms with van der Waals surface area (Å²) in [6.45, 7) is 4.44. The van der Waals surface area contributed by atoms with Crippen LogP contribution in [0.2, 0.25) is 0 Å². The first kappa shape index (κ1) is 9.78. The highest BCUT2D eigenvalue weighted by Gasteiger charge is 2.21. The van der Waals surface area contributed by atoms with Crippen molar-refractivity contribution < 1.29 is 0 Å². The maximum atomic E-state index is 4.64. The fourth-order valence-electron chi connectivity index (χ4n) is 1.53. The molecular weight excluding hydrogens is 190 g/mol. The van der Waals surface area contributed by atoms with Crippen LogP contribution in [0, 0.1) is 0 Å². The molecule has 0 saturated heterocycles. The van der Waals surface area contributed by atoms with E-state index in [1.54, 1.807) is 0 Å². The standard InChI is InChI=1S/C12H15NS/c1-9-10(2)14-12(13-9)8-11-6-4-3-5-7-11/h3-7,9-10H,8H2,1-2H3. The summed E-state index contributed by atoms with van der Waals surface area (Å²) >= 11 is 1.92. The quantitative estimate of drug-likeness (QED) is 0.722. The van der Waals surface area contributed by atoms with E-state index in [9.17, 15) is 0 Å². The summed E-state index contributed by atoms with van der Waals surface area (Å²) in [5.74, 6) is 0. The second-order valence-electron chi connectivity index (χ2n) is 3.75. The molecule has 2 atom stereocenters. The first-order valence-electron chi connectivity index (χ1n) is 5.03. The van der Waals surface area contributed by atoms with Crippen LogP contribution in [0.25, 0.3) is 0 Å². The van der Waals surface area contributed by atoms with Crippen LogP contribution in [-0.4, -0.2) is 16.3 Å². The zero-order chi connectivity index (χ0) is 9.97. The Morgan fingerprint density at radius 1 is 1.21 bits per heavy atom. The predicted octanol–water partition coefficient (Wildman–Crippen LogP) is 3.15. The van der Waals surface area contributed by atoms with E-state index >= 15 is 0 Å². The first-order chi connectivity index (χ1) is 6.75. The van der Waals surface area contributed by atoms with Gasteiger partial charge in [-0.05, 0) is 12.5 Å². The smallest absolute Gasteiger partial charge is 0.0726 e. The Kier molecular flexibility index (Phi) is 2.92. The third-order valence-electron chi connectivity index (χ3n) is 2.55. The van der Waals surface area contributed by atoms with E-state index in [0.29, 0.717) is 11.3 Å². The molecule has 0 aromatic heterocycles. The van der Waals surface area contributed by atoms with Crippen molar-refractivity contribution in [1.29, 1.82) is 0 Å². The van der Waals surface area contributed by atoms with E-state index in [4.69, 9.17) is 0 Å². The van der Waals surface area contributed by atoms with Crippen molar-refractivity contribution in [3.8, 4) is 0 Å². The van der Waals surface area contributed by atoms with Gasteiger partial charge >= 0.3 is 0 Å². The molecule has 1 aromatic rings. The van der Waals surface area contributed by atoms with Gasteiger partial charge in [-0.2, -0.15) is 0 Å². The number of nitrogens with zero attached hydrogens (tertiary/aromatic N) is 1. The zero-order valence-corrected chi connectivity index (χ0v) is 9.42. The molecule has 2 unspecified atom stereocenters. The minimum atomic E-state index is 0.485. The van der Waals surface area contributed by atoms with E-state index in [1.807, 2.05) is 11.8 Å². The molecule has 1 aromatic carbocycles. The lowest BCUT2D eigenvalue weighted by Crippen LogP contribution is -2.07. The molecule has 0 N–H and O–H groups in total. The molecule has 0 fully saturated rings. The van der Waals surface area contributed by atoms with Crippen molar-refractivity contribution in [2.24, 2.45) is 4.99 Å². The third kappa shape index (κ3) is 2.18. The van der Waals surface area contributed by atoms with Crippen molar-refractivity contribution in [2.45, 2.75) is 31.6 Å². The van der Waals surface area contributed by atoms with Gasteiger partial charge < -0.3 is 0 Å². The summed E-state index contributed by atoms with van der Waals surface area (Å²) in [5, 5.41) is 1.94. The Labute approximate surface area is 89.6 Å². The van der Waals surface area contributed by atoms with E-state index in [0.717, 1.165) is 6.42 Å².